The highest BCUT2D eigenvalue weighted by atomic mass is 32.1. The normalized spacial score (nSPS) is 18.7. The second-order valence-corrected chi connectivity index (χ2v) is 15.2. The number of hydrogen-bond acceptors (Lipinski definition) is 10. The molecule has 2 atom stereocenters. The summed E-state index contributed by atoms with van der Waals surface area (Å²) < 4.78 is 40.3. The number of rotatable bonds is 5. The summed E-state index contributed by atoms with van der Waals surface area (Å²) in [6.45, 7) is 13.1. The van der Waals surface area contributed by atoms with Crippen molar-refractivity contribution in [2.45, 2.75) is 85.0 Å². The Morgan fingerprint density at radius 1 is 1.06 bits per heavy atom. The molecule has 3 N–H and O–H groups in total. The lowest BCUT2D eigenvalue weighted by molar-refractivity contribution is 0.0599. The number of carbonyl (C=O) groups is 3. The molecule has 1 aliphatic carbocycles. The molecular weight excluding hydrogens is 658 g/mol. The van der Waals surface area contributed by atoms with Gasteiger partial charge in [-0.25, -0.2) is 23.4 Å². The number of aliphatic imine (C=N–C) groups is 1. The number of aliphatic hydroxyl groups is 1. The standard InChI is InChI=1S/C34H40F2N6O6S/c1-17-13-18(38-31(45)47-33(2,3)4)16-42(15-17)27-19-11-12-23(43)25(19)37-14-22(27)39-28(44)26-30(41-32(46)48-34(5,6)7)49-29(40-26)24-20(35)9-8-10-21(24)36/h8-10,14,17,23,43H,11-13,15-16H2,1-7H3,(H,39,44)(H,41,46)/b38-18-/t17-,23?/m1/s1. The molecule has 3 aromatic rings. The Morgan fingerprint density at radius 3 is 2.39 bits per heavy atom. The molecule has 0 spiro atoms. The van der Waals surface area contributed by atoms with E-state index in [9.17, 15) is 28.3 Å². The number of nitrogens with zero attached hydrogens (tertiary/aromatic N) is 4. The van der Waals surface area contributed by atoms with E-state index in [0.29, 0.717) is 54.2 Å². The molecule has 1 aliphatic heterocycles. The molecule has 3 heterocycles. The Morgan fingerprint density at radius 2 is 1.73 bits per heavy atom. The molecule has 0 saturated carbocycles. The third-order valence-electron chi connectivity index (χ3n) is 7.50. The quantitative estimate of drug-likeness (QED) is 0.249. The molecule has 2 aromatic heterocycles. The van der Waals surface area contributed by atoms with E-state index < -0.39 is 52.6 Å². The summed E-state index contributed by atoms with van der Waals surface area (Å²) in [7, 11) is 0. The summed E-state index contributed by atoms with van der Waals surface area (Å²) in [5.74, 6) is -2.51. The molecule has 3 amide bonds. The lowest BCUT2D eigenvalue weighted by Crippen LogP contribution is -2.41. The van der Waals surface area contributed by atoms with Gasteiger partial charge in [0, 0.05) is 17.8 Å². The number of hydrogen-bond donors (Lipinski definition) is 3. The van der Waals surface area contributed by atoms with Crippen molar-refractivity contribution in [3.05, 3.63) is 53.0 Å². The van der Waals surface area contributed by atoms with Crippen molar-refractivity contribution >= 4 is 51.5 Å². The van der Waals surface area contributed by atoms with Gasteiger partial charge >= 0.3 is 12.2 Å². The summed E-state index contributed by atoms with van der Waals surface area (Å²) in [6, 6.07) is 3.34. The first-order valence-corrected chi connectivity index (χ1v) is 16.7. The number of thiazole rings is 1. The predicted molar refractivity (Wildman–Crippen MR) is 182 cm³/mol. The summed E-state index contributed by atoms with van der Waals surface area (Å²) in [6.07, 6.45) is 0.510. The van der Waals surface area contributed by atoms with E-state index in [1.807, 2.05) is 11.8 Å². The molecule has 49 heavy (non-hydrogen) atoms. The zero-order valence-electron chi connectivity index (χ0n) is 28.4. The fourth-order valence-electron chi connectivity index (χ4n) is 5.76. The van der Waals surface area contributed by atoms with Gasteiger partial charge < -0.3 is 24.8 Å². The minimum absolute atomic E-state index is 0.0648. The molecule has 1 saturated heterocycles. The van der Waals surface area contributed by atoms with Gasteiger partial charge in [0.15, 0.2) is 5.69 Å². The van der Waals surface area contributed by atoms with Crippen molar-refractivity contribution in [2.24, 2.45) is 10.9 Å². The van der Waals surface area contributed by atoms with Gasteiger partial charge in [-0.05, 0) is 78.9 Å². The third kappa shape index (κ3) is 8.57. The van der Waals surface area contributed by atoms with Crippen LogP contribution >= 0.6 is 11.3 Å². The van der Waals surface area contributed by atoms with Gasteiger partial charge in [-0.1, -0.05) is 24.3 Å². The molecule has 12 nitrogen and oxygen atoms in total. The molecule has 0 bridgehead atoms. The lowest BCUT2D eigenvalue weighted by atomic mass is 9.96. The van der Waals surface area contributed by atoms with Crippen LogP contribution in [0.3, 0.4) is 0 Å². The molecule has 2 aliphatic rings. The number of amides is 3. The minimum Gasteiger partial charge on any atom is -0.444 e. The molecular formula is C34H40F2N6O6S. The summed E-state index contributed by atoms with van der Waals surface area (Å²) in [5.41, 5.74) is 0.329. The maximum atomic E-state index is 14.8. The average Bonchev–Trinajstić information content (AvgIpc) is 3.53. The number of aliphatic hydroxyl groups excluding tert-OH is 1. The van der Waals surface area contributed by atoms with Crippen LogP contribution in [0.5, 0.6) is 0 Å². The van der Waals surface area contributed by atoms with Gasteiger partial charge in [-0.2, -0.15) is 4.99 Å². The molecule has 15 heteroatoms. The summed E-state index contributed by atoms with van der Waals surface area (Å²) in [4.78, 5) is 54.3. The minimum atomic E-state index is -0.892. The third-order valence-corrected chi connectivity index (χ3v) is 8.48. The molecule has 262 valence electrons. The second-order valence-electron chi connectivity index (χ2n) is 14.2. The van der Waals surface area contributed by atoms with Crippen molar-refractivity contribution in [3.8, 4) is 10.6 Å². The number of carbonyl (C=O) groups excluding carboxylic acids is 3. The van der Waals surface area contributed by atoms with Gasteiger partial charge in [-0.15, -0.1) is 0 Å². The van der Waals surface area contributed by atoms with Gasteiger partial charge in [0.05, 0.1) is 41.5 Å². The van der Waals surface area contributed by atoms with Crippen molar-refractivity contribution in [2.75, 3.05) is 28.6 Å². The van der Waals surface area contributed by atoms with Crippen LogP contribution in [-0.2, 0) is 15.9 Å². The highest BCUT2D eigenvalue weighted by molar-refractivity contribution is 7.19. The number of halogens is 2. The second kappa shape index (κ2) is 13.8. The number of piperidine rings is 1. The lowest BCUT2D eigenvalue weighted by Gasteiger charge is -2.36. The van der Waals surface area contributed by atoms with E-state index in [1.165, 1.54) is 12.3 Å². The zero-order chi connectivity index (χ0) is 35.8. The SMILES string of the molecule is C[C@@H]1C/C(=N/C(=O)OC(C)(C)C)CN(c2c(NC(=O)c3nc(-c4c(F)cccc4F)sc3NC(=O)OC(C)(C)C)cnc3c2CCC3O)C1. The van der Waals surface area contributed by atoms with E-state index in [1.54, 1.807) is 41.5 Å². The van der Waals surface area contributed by atoms with E-state index >= 15 is 0 Å². The van der Waals surface area contributed by atoms with Crippen molar-refractivity contribution in [3.63, 3.8) is 0 Å². The maximum Gasteiger partial charge on any atom is 0.434 e. The van der Waals surface area contributed by atoms with Gasteiger partial charge in [0.2, 0.25) is 0 Å². The number of anilines is 3. The first kappa shape index (κ1) is 35.8. The van der Waals surface area contributed by atoms with Gasteiger partial charge in [0.1, 0.15) is 32.8 Å². The van der Waals surface area contributed by atoms with Gasteiger partial charge in [0.25, 0.3) is 5.91 Å². The Balaban J connectivity index is 1.53. The fourth-order valence-corrected chi connectivity index (χ4v) is 6.76. The van der Waals surface area contributed by atoms with Crippen LogP contribution in [-0.4, -0.2) is 63.2 Å². The van der Waals surface area contributed by atoms with Crippen molar-refractivity contribution in [1.82, 2.24) is 9.97 Å². The van der Waals surface area contributed by atoms with Crippen molar-refractivity contribution < 1.29 is 37.7 Å². The number of aromatic nitrogens is 2. The Bertz CT molecular complexity index is 1790. The van der Waals surface area contributed by atoms with E-state index in [-0.39, 0.29) is 33.9 Å². The summed E-state index contributed by atoms with van der Waals surface area (Å²) in [5, 5.41) is 15.7. The Labute approximate surface area is 287 Å². The molecule has 0 radical (unpaired) electrons. The smallest absolute Gasteiger partial charge is 0.434 e. The number of benzene rings is 1. The Kier molecular flexibility index (Phi) is 10.1. The number of nitrogens with one attached hydrogen (secondary N) is 2. The monoisotopic (exact) mass is 698 g/mol. The van der Waals surface area contributed by atoms with Crippen LogP contribution in [0.25, 0.3) is 10.6 Å². The fraction of sp³-hybridized carbons (Fsp3) is 0.471. The highest BCUT2D eigenvalue weighted by Gasteiger charge is 2.34. The number of pyridine rings is 1. The average molecular weight is 699 g/mol. The Hall–Kier alpha value is -4.50. The predicted octanol–water partition coefficient (Wildman–Crippen LogP) is 7.28. The van der Waals surface area contributed by atoms with Crippen LogP contribution in [0.15, 0.2) is 29.4 Å². The number of ether oxygens (including phenoxy) is 2. The van der Waals surface area contributed by atoms with Crippen LogP contribution in [0.4, 0.5) is 34.7 Å². The highest BCUT2D eigenvalue weighted by Crippen LogP contribution is 2.42. The first-order valence-electron chi connectivity index (χ1n) is 15.9. The summed E-state index contributed by atoms with van der Waals surface area (Å²) >= 11 is 0.714. The largest absolute Gasteiger partial charge is 0.444 e. The first-order chi connectivity index (χ1) is 22.9. The van der Waals surface area contributed by atoms with Crippen molar-refractivity contribution in [1.29, 1.82) is 0 Å². The number of fused-ring (bicyclic) bond motifs is 1. The maximum absolute atomic E-state index is 14.8. The van der Waals surface area contributed by atoms with Gasteiger partial charge in [-0.3, -0.25) is 15.1 Å². The van der Waals surface area contributed by atoms with Crippen LogP contribution in [0.2, 0.25) is 0 Å². The van der Waals surface area contributed by atoms with Crippen LogP contribution < -0.4 is 15.5 Å². The van der Waals surface area contributed by atoms with Crippen LogP contribution in [0.1, 0.15) is 89.2 Å². The van der Waals surface area contributed by atoms with E-state index in [2.05, 4.69) is 25.6 Å². The molecule has 1 aromatic carbocycles. The van der Waals surface area contributed by atoms with Crippen LogP contribution in [0, 0.1) is 17.6 Å². The van der Waals surface area contributed by atoms with E-state index in [0.717, 1.165) is 17.7 Å². The zero-order valence-corrected chi connectivity index (χ0v) is 29.3. The topological polar surface area (TPSA) is 155 Å². The van der Waals surface area contributed by atoms with E-state index in [4.69, 9.17) is 9.47 Å². The molecule has 1 unspecified atom stereocenters. The molecule has 1 fully saturated rings. The molecule has 5 rings (SSSR count).